The lowest BCUT2D eigenvalue weighted by Crippen LogP contribution is -2.70. The number of carbonyl (C=O) groups is 3. The summed E-state index contributed by atoms with van der Waals surface area (Å²) in [5.41, 5.74) is 6.87. The number of aryl methyl sites for hydroxylation is 1. The van der Waals surface area contributed by atoms with Gasteiger partial charge in [-0.1, -0.05) is 11.2 Å². The molecule has 2 amide bonds. The van der Waals surface area contributed by atoms with Crippen molar-refractivity contribution in [3.63, 3.8) is 0 Å². The summed E-state index contributed by atoms with van der Waals surface area (Å²) in [4.78, 5) is 57.9. The van der Waals surface area contributed by atoms with Crippen LogP contribution >= 0.6 is 34.9 Å². The van der Waals surface area contributed by atoms with Gasteiger partial charge in [-0.25, -0.2) is 23.2 Å². The number of phenolic OH excluding ortho intramolecular Hbond substituents is 4. The molecule has 58 heavy (non-hydrogen) atoms. The average molecular weight is 872 g/mol. The Morgan fingerprint density at radius 2 is 1.79 bits per heavy atom. The van der Waals surface area contributed by atoms with Gasteiger partial charge in [-0.05, 0) is 42.8 Å². The fourth-order valence-corrected chi connectivity index (χ4v) is 9.86. The van der Waals surface area contributed by atoms with E-state index in [1.807, 2.05) is 0 Å². The number of hydrogen-bond donors (Lipinski definition) is 7. The SMILES string of the molecule is Cc1cc(SCC2=C(OC(=O)O)N3C(=O)[C@@H](NC(=O)/C(=N\OCc4ccc(O)c(O)c4)c4csc(N)n4)[C@H]3SC2)n2nc(CS(=O)(=O)c3ccc(O)c(O)c3)nc2n1. The minimum absolute atomic E-state index is 0.0572. The van der Waals surface area contributed by atoms with Crippen molar-refractivity contribution in [1.82, 2.24) is 34.8 Å². The lowest BCUT2D eigenvalue weighted by atomic mass is 10.1. The van der Waals surface area contributed by atoms with Crippen LogP contribution < -0.4 is 11.1 Å². The van der Waals surface area contributed by atoms with Crippen molar-refractivity contribution < 1.29 is 57.9 Å². The van der Waals surface area contributed by atoms with Gasteiger partial charge in [-0.15, -0.1) is 40.0 Å². The van der Waals surface area contributed by atoms with Crippen molar-refractivity contribution in [2.75, 3.05) is 17.2 Å². The number of carboxylic acid groups (broad SMARTS) is 1. The maximum atomic E-state index is 13.6. The molecule has 2 aromatic carbocycles. The van der Waals surface area contributed by atoms with E-state index in [2.05, 4.69) is 30.5 Å². The molecule has 7 rings (SSSR count). The van der Waals surface area contributed by atoms with Gasteiger partial charge in [0.2, 0.25) is 5.88 Å². The highest BCUT2D eigenvalue weighted by Gasteiger charge is 2.54. The molecule has 25 heteroatoms. The highest BCUT2D eigenvalue weighted by molar-refractivity contribution is 8.01. The van der Waals surface area contributed by atoms with E-state index in [4.69, 9.17) is 15.3 Å². The van der Waals surface area contributed by atoms with Gasteiger partial charge in [0, 0.05) is 34.2 Å². The number of hydrogen-bond acceptors (Lipinski definition) is 20. The molecule has 5 heterocycles. The maximum Gasteiger partial charge on any atom is 0.512 e. The van der Waals surface area contributed by atoms with Gasteiger partial charge in [0.15, 0.2) is 49.5 Å². The zero-order chi connectivity index (χ0) is 41.5. The summed E-state index contributed by atoms with van der Waals surface area (Å²) in [7, 11) is -4.05. The van der Waals surface area contributed by atoms with Crippen LogP contribution in [0.2, 0.25) is 0 Å². The molecule has 0 aliphatic carbocycles. The number of aromatic nitrogens is 5. The van der Waals surface area contributed by atoms with Gasteiger partial charge in [-0.3, -0.25) is 14.5 Å². The first-order valence-corrected chi connectivity index (χ1v) is 21.1. The number of ether oxygens (including phenoxy) is 1. The zero-order valence-corrected chi connectivity index (χ0v) is 32.8. The quantitative estimate of drug-likeness (QED) is 0.0170. The summed E-state index contributed by atoms with van der Waals surface area (Å²) in [5, 5.41) is 60.5. The van der Waals surface area contributed by atoms with Gasteiger partial charge in [-0.2, -0.15) is 9.50 Å². The lowest BCUT2D eigenvalue weighted by Gasteiger charge is -2.49. The largest absolute Gasteiger partial charge is 0.512 e. The number of fused-ring (bicyclic) bond motifs is 2. The second kappa shape index (κ2) is 15.9. The molecule has 2 aliphatic rings. The van der Waals surface area contributed by atoms with Crippen molar-refractivity contribution in [3.8, 4) is 23.0 Å². The second-order valence-electron chi connectivity index (χ2n) is 12.4. The number of oxime groups is 1. The summed E-state index contributed by atoms with van der Waals surface area (Å²) in [6.45, 7) is 1.48. The number of phenols is 4. The van der Waals surface area contributed by atoms with Crippen LogP contribution in [0.1, 0.15) is 22.8 Å². The first-order chi connectivity index (χ1) is 27.6. The fourth-order valence-electron chi connectivity index (χ4n) is 5.62. The van der Waals surface area contributed by atoms with Gasteiger partial charge in [0.1, 0.15) is 34.5 Å². The number of benzene rings is 2. The predicted molar refractivity (Wildman–Crippen MR) is 206 cm³/mol. The molecule has 2 aliphatic heterocycles. The third-order valence-electron chi connectivity index (χ3n) is 8.34. The van der Waals surface area contributed by atoms with E-state index in [9.17, 15) is 48.3 Å². The van der Waals surface area contributed by atoms with Crippen LogP contribution in [0, 0.1) is 6.92 Å². The molecular formula is C33H29N9O12S4. The molecule has 0 saturated carbocycles. The normalized spacial score (nSPS) is 16.9. The van der Waals surface area contributed by atoms with Crippen molar-refractivity contribution in [3.05, 3.63) is 82.1 Å². The number of thioether (sulfide) groups is 2. The Morgan fingerprint density at radius 3 is 2.48 bits per heavy atom. The minimum atomic E-state index is -4.05. The number of nitrogen functional groups attached to an aromatic ring is 1. The molecule has 5 aromatic rings. The molecule has 21 nitrogen and oxygen atoms in total. The summed E-state index contributed by atoms with van der Waals surface area (Å²) >= 11 is 3.44. The van der Waals surface area contributed by atoms with Gasteiger partial charge >= 0.3 is 6.16 Å². The van der Waals surface area contributed by atoms with E-state index in [1.165, 1.54) is 51.6 Å². The van der Waals surface area contributed by atoms with Crippen LogP contribution in [0.3, 0.4) is 0 Å². The Labute approximate surface area is 338 Å². The molecule has 0 radical (unpaired) electrons. The Kier molecular flexibility index (Phi) is 10.9. The number of sulfone groups is 1. The van der Waals surface area contributed by atoms with Gasteiger partial charge in [0.25, 0.3) is 17.6 Å². The van der Waals surface area contributed by atoms with E-state index in [0.29, 0.717) is 21.9 Å². The molecule has 0 unspecified atom stereocenters. The standard InChI is InChI=1S/C33H29N9O12S4/c1-14-6-24(42-32(35-14)37-23(39-42)13-58(51,52)17-3-5-20(44)22(46)8-17)55-10-16-11-56-30-26(28(48)41(30)29(16)54-33(49)50)38-27(47)25(18-12-57-31(34)36-18)40-53-9-15-2-4-19(43)21(45)7-15/h2-8,12,26,30,43-46H,9-11,13H2,1H3,(H2,34,36)(H,38,47)(H,49,50)/b40-25-/t26-,30-/m1/s1. The lowest BCUT2D eigenvalue weighted by molar-refractivity contribution is -0.148. The molecule has 3 aromatic heterocycles. The smallest absolute Gasteiger partial charge is 0.504 e. The van der Waals surface area contributed by atoms with Crippen LogP contribution in [0.15, 0.2) is 74.4 Å². The number of nitrogens with one attached hydrogen (secondary N) is 1. The van der Waals surface area contributed by atoms with Crippen LogP contribution in [-0.4, -0.2) is 110 Å². The van der Waals surface area contributed by atoms with Crippen molar-refractivity contribution in [2.24, 2.45) is 5.16 Å². The van der Waals surface area contributed by atoms with E-state index < -0.39 is 56.5 Å². The number of carbonyl (C=O) groups excluding carboxylic acids is 2. The molecule has 302 valence electrons. The molecule has 0 bridgehead atoms. The van der Waals surface area contributed by atoms with Crippen LogP contribution in [0.25, 0.3) is 5.78 Å². The molecular weight excluding hydrogens is 843 g/mol. The van der Waals surface area contributed by atoms with Crippen LogP contribution in [0.4, 0.5) is 9.93 Å². The zero-order valence-electron chi connectivity index (χ0n) is 29.5. The predicted octanol–water partition coefficient (Wildman–Crippen LogP) is 2.29. The molecule has 0 spiro atoms. The van der Waals surface area contributed by atoms with E-state index in [-0.39, 0.29) is 68.5 Å². The number of thiazole rings is 1. The average Bonchev–Trinajstić information content (AvgIpc) is 3.78. The number of anilines is 1. The minimum Gasteiger partial charge on any atom is -0.504 e. The number of β-lactam (4-membered cyclic amide) rings is 1. The monoisotopic (exact) mass is 871 g/mol. The number of nitrogens with zero attached hydrogens (tertiary/aromatic N) is 7. The number of nitrogens with two attached hydrogens (primary N) is 1. The third kappa shape index (κ3) is 8.22. The topological polar surface area (TPSA) is 315 Å². The van der Waals surface area contributed by atoms with Crippen molar-refractivity contribution in [1.29, 1.82) is 0 Å². The number of amides is 2. The first-order valence-electron chi connectivity index (χ1n) is 16.5. The maximum absolute atomic E-state index is 13.6. The molecule has 2 atom stereocenters. The first kappa shape index (κ1) is 39.9. The van der Waals surface area contributed by atoms with Crippen molar-refractivity contribution >= 4 is 79.3 Å². The van der Waals surface area contributed by atoms with E-state index in [1.54, 1.807) is 13.0 Å². The van der Waals surface area contributed by atoms with E-state index in [0.717, 1.165) is 34.4 Å². The second-order valence-corrected chi connectivity index (χ2v) is 17.4. The Morgan fingerprint density at radius 1 is 1.05 bits per heavy atom. The van der Waals surface area contributed by atoms with Gasteiger partial charge < -0.3 is 46.2 Å². The molecule has 1 saturated heterocycles. The number of rotatable bonds is 13. The third-order valence-corrected chi connectivity index (χ3v) is 13.0. The highest BCUT2D eigenvalue weighted by Crippen LogP contribution is 2.42. The summed E-state index contributed by atoms with van der Waals surface area (Å²) in [6.07, 6.45) is -1.68. The summed E-state index contributed by atoms with van der Waals surface area (Å²) in [5.74, 6) is -3.97. The highest BCUT2D eigenvalue weighted by atomic mass is 32.2. The fraction of sp³-hybridized carbons (Fsp3) is 0.212. The molecule has 8 N–H and O–H groups in total. The Hall–Kier alpha value is -6.31. The van der Waals surface area contributed by atoms with Crippen molar-refractivity contribution in [2.45, 2.75) is 40.6 Å². The summed E-state index contributed by atoms with van der Waals surface area (Å²) in [6, 6.07) is 7.60. The Bertz CT molecular complexity index is 2670. The number of aromatic hydroxyl groups is 4. The Balaban J connectivity index is 1.07. The molecule has 1 fully saturated rings. The van der Waals surface area contributed by atoms with Crippen LogP contribution in [0.5, 0.6) is 23.0 Å². The van der Waals surface area contributed by atoms with Crippen LogP contribution in [-0.2, 0) is 41.4 Å². The summed E-state index contributed by atoms with van der Waals surface area (Å²) < 4.78 is 32.6. The van der Waals surface area contributed by atoms with Gasteiger partial charge in [0.05, 0.1) is 4.90 Å². The van der Waals surface area contributed by atoms with E-state index >= 15 is 0 Å².